The Kier molecular flexibility index (Phi) is 5.03. The Hall–Kier alpha value is -1.49. The second kappa shape index (κ2) is 6.30. The highest BCUT2D eigenvalue weighted by atomic mass is 19.1. The number of amides is 1. The van der Waals surface area contributed by atoms with Crippen molar-refractivity contribution in [3.05, 3.63) is 35.4 Å². The summed E-state index contributed by atoms with van der Waals surface area (Å²) in [6.45, 7) is 0.126. The van der Waals surface area contributed by atoms with Crippen molar-refractivity contribution >= 4 is 5.91 Å². The molecule has 17 heavy (non-hydrogen) atoms. The summed E-state index contributed by atoms with van der Waals surface area (Å²) in [7, 11) is 1.56. The number of aryl methyl sites for hydroxylation is 1. The van der Waals surface area contributed by atoms with E-state index < -0.39 is 11.6 Å². The number of aliphatic hydroxyl groups excluding tert-OH is 1. The van der Waals surface area contributed by atoms with Crippen molar-refractivity contribution in [2.45, 2.75) is 12.8 Å². The molecule has 1 N–H and O–H groups in total. The first kappa shape index (κ1) is 13.6. The lowest BCUT2D eigenvalue weighted by Gasteiger charge is -2.15. The van der Waals surface area contributed by atoms with E-state index in [1.54, 1.807) is 7.05 Å². The van der Waals surface area contributed by atoms with E-state index >= 15 is 0 Å². The molecule has 1 aromatic carbocycles. The zero-order valence-corrected chi connectivity index (χ0v) is 9.62. The molecule has 1 amide bonds. The molecule has 0 aliphatic heterocycles. The highest BCUT2D eigenvalue weighted by molar-refractivity contribution is 5.76. The summed E-state index contributed by atoms with van der Waals surface area (Å²) in [4.78, 5) is 12.9. The van der Waals surface area contributed by atoms with E-state index in [9.17, 15) is 13.6 Å². The van der Waals surface area contributed by atoms with Crippen LogP contribution in [0.15, 0.2) is 18.2 Å². The third-order valence-corrected chi connectivity index (χ3v) is 2.48. The van der Waals surface area contributed by atoms with Crippen LogP contribution in [0.5, 0.6) is 0 Å². The predicted molar refractivity (Wildman–Crippen MR) is 59.4 cm³/mol. The van der Waals surface area contributed by atoms with Gasteiger partial charge in [-0.3, -0.25) is 4.79 Å². The molecule has 0 aromatic heterocycles. The number of hydrogen-bond acceptors (Lipinski definition) is 2. The lowest BCUT2D eigenvalue weighted by atomic mass is 10.1. The first-order chi connectivity index (χ1) is 8.04. The molecule has 1 rings (SSSR count). The van der Waals surface area contributed by atoms with Gasteiger partial charge in [0, 0.05) is 20.0 Å². The maximum Gasteiger partial charge on any atom is 0.222 e. The summed E-state index contributed by atoms with van der Waals surface area (Å²) in [5, 5.41) is 8.65. The molecular formula is C12H15F2NO2. The van der Waals surface area contributed by atoms with Gasteiger partial charge in [-0.1, -0.05) is 0 Å². The zero-order chi connectivity index (χ0) is 12.8. The van der Waals surface area contributed by atoms with Crippen LogP contribution in [-0.4, -0.2) is 36.1 Å². The number of carbonyl (C=O) groups is 1. The maximum absolute atomic E-state index is 13.2. The number of carbonyl (C=O) groups excluding carboxylic acids is 1. The Morgan fingerprint density at radius 1 is 1.41 bits per heavy atom. The van der Waals surface area contributed by atoms with Gasteiger partial charge in [0.1, 0.15) is 11.6 Å². The van der Waals surface area contributed by atoms with Crippen molar-refractivity contribution in [1.82, 2.24) is 4.90 Å². The Morgan fingerprint density at radius 2 is 2.12 bits per heavy atom. The second-order valence-electron chi connectivity index (χ2n) is 3.77. The summed E-state index contributed by atoms with van der Waals surface area (Å²) in [6, 6.07) is 3.18. The molecule has 0 aliphatic carbocycles. The Bertz CT molecular complexity index is 396. The normalized spacial score (nSPS) is 10.4. The van der Waals surface area contributed by atoms with Gasteiger partial charge in [-0.25, -0.2) is 8.78 Å². The molecular weight excluding hydrogens is 228 g/mol. The van der Waals surface area contributed by atoms with Crippen LogP contribution in [0.3, 0.4) is 0 Å². The summed E-state index contributed by atoms with van der Waals surface area (Å²) in [5.74, 6) is -1.23. The number of halogens is 2. The fourth-order valence-corrected chi connectivity index (χ4v) is 1.44. The molecule has 5 heteroatoms. The molecule has 3 nitrogen and oxygen atoms in total. The molecule has 0 fully saturated rings. The fourth-order valence-electron chi connectivity index (χ4n) is 1.44. The molecule has 0 unspecified atom stereocenters. The molecule has 94 valence electrons. The van der Waals surface area contributed by atoms with Crippen LogP contribution < -0.4 is 0 Å². The van der Waals surface area contributed by atoms with Crippen LogP contribution in [0.25, 0.3) is 0 Å². The lowest BCUT2D eigenvalue weighted by Crippen LogP contribution is -2.29. The molecule has 0 bridgehead atoms. The minimum atomic E-state index is -0.516. The van der Waals surface area contributed by atoms with Gasteiger partial charge < -0.3 is 10.0 Å². The summed E-state index contributed by atoms with van der Waals surface area (Å²) in [6.07, 6.45) is 0.245. The Balaban J connectivity index is 2.55. The van der Waals surface area contributed by atoms with Gasteiger partial charge in [0.15, 0.2) is 0 Å². The number of hydrogen-bond donors (Lipinski definition) is 1. The van der Waals surface area contributed by atoms with Crippen molar-refractivity contribution in [3.63, 3.8) is 0 Å². The average Bonchev–Trinajstić information content (AvgIpc) is 2.30. The number of aliphatic hydroxyl groups is 1. The van der Waals surface area contributed by atoms with Gasteiger partial charge in [-0.2, -0.15) is 0 Å². The largest absolute Gasteiger partial charge is 0.395 e. The minimum absolute atomic E-state index is 0.0941. The molecule has 0 spiro atoms. The smallest absolute Gasteiger partial charge is 0.222 e. The van der Waals surface area contributed by atoms with Crippen LogP contribution in [-0.2, 0) is 11.2 Å². The number of nitrogens with zero attached hydrogens (tertiary/aromatic N) is 1. The van der Waals surface area contributed by atoms with Crippen molar-refractivity contribution < 1.29 is 18.7 Å². The van der Waals surface area contributed by atoms with Crippen LogP contribution in [0.1, 0.15) is 12.0 Å². The number of likely N-dealkylation sites (N-methyl/N-ethyl adjacent to an activating group) is 1. The molecule has 0 saturated heterocycles. The van der Waals surface area contributed by atoms with E-state index in [1.807, 2.05) is 0 Å². The minimum Gasteiger partial charge on any atom is -0.395 e. The van der Waals surface area contributed by atoms with E-state index in [0.29, 0.717) is 0 Å². The van der Waals surface area contributed by atoms with Crippen LogP contribution in [0.4, 0.5) is 8.78 Å². The Morgan fingerprint density at radius 3 is 2.76 bits per heavy atom. The topological polar surface area (TPSA) is 40.5 Å². The SMILES string of the molecule is CN(CCO)C(=O)CCc1cc(F)ccc1F. The van der Waals surface area contributed by atoms with Crippen LogP contribution in [0.2, 0.25) is 0 Å². The highest BCUT2D eigenvalue weighted by Gasteiger charge is 2.10. The van der Waals surface area contributed by atoms with Crippen molar-refractivity contribution in [3.8, 4) is 0 Å². The molecule has 0 heterocycles. The van der Waals surface area contributed by atoms with E-state index in [2.05, 4.69) is 0 Å². The van der Waals surface area contributed by atoms with E-state index in [4.69, 9.17) is 5.11 Å². The van der Waals surface area contributed by atoms with E-state index in [0.717, 1.165) is 18.2 Å². The lowest BCUT2D eigenvalue weighted by molar-refractivity contribution is -0.130. The highest BCUT2D eigenvalue weighted by Crippen LogP contribution is 2.12. The maximum atomic E-state index is 13.2. The summed E-state index contributed by atoms with van der Waals surface area (Å²) >= 11 is 0. The number of benzene rings is 1. The monoisotopic (exact) mass is 243 g/mol. The average molecular weight is 243 g/mol. The van der Waals surface area contributed by atoms with Gasteiger partial charge in [-0.05, 0) is 30.2 Å². The van der Waals surface area contributed by atoms with E-state index in [-0.39, 0.29) is 37.5 Å². The first-order valence-electron chi connectivity index (χ1n) is 5.33. The molecule has 0 aliphatic rings. The van der Waals surface area contributed by atoms with Crippen molar-refractivity contribution in [2.75, 3.05) is 20.2 Å². The fraction of sp³-hybridized carbons (Fsp3) is 0.417. The summed E-state index contributed by atoms with van der Waals surface area (Å²) in [5.41, 5.74) is 0.191. The molecule has 1 aromatic rings. The third-order valence-electron chi connectivity index (χ3n) is 2.48. The molecule has 0 atom stereocenters. The van der Waals surface area contributed by atoms with E-state index in [1.165, 1.54) is 4.90 Å². The number of rotatable bonds is 5. The quantitative estimate of drug-likeness (QED) is 0.848. The predicted octanol–water partition coefficient (Wildman–Crippen LogP) is 1.35. The summed E-state index contributed by atoms with van der Waals surface area (Å²) < 4.78 is 26.1. The molecule has 0 saturated carbocycles. The second-order valence-corrected chi connectivity index (χ2v) is 3.77. The van der Waals surface area contributed by atoms with Gasteiger partial charge in [-0.15, -0.1) is 0 Å². The molecule has 0 radical (unpaired) electrons. The first-order valence-corrected chi connectivity index (χ1v) is 5.33. The third kappa shape index (κ3) is 4.11. The van der Waals surface area contributed by atoms with Crippen LogP contribution >= 0.6 is 0 Å². The van der Waals surface area contributed by atoms with Crippen molar-refractivity contribution in [2.24, 2.45) is 0 Å². The van der Waals surface area contributed by atoms with Gasteiger partial charge in [0.05, 0.1) is 6.61 Å². The zero-order valence-electron chi connectivity index (χ0n) is 9.62. The van der Waals surface area contributed by atoms with Gasteiger partial charge >= 0.3 is 0 Å². The Labute approximate surface area is 98.7 Å². The van der Waals surface area contributed by atoms with Crippen molar-refractivity contribution in [1.29, 1.82) is 0 Å². The standard InChI is InChI=1S/C12H15F2NO2/c1-15(6-7-16)12(17)5-2-9-8-10(13)3-4-11(9)14/h3-4,8,16H,2,5-7H2,1H3. The van der Waals surface area contributed by atoms with Gasteiger partial charge in [0.25, 0.3) is 0 Å². The van der Waals surface area contributed by atoms with Gasteiger partial charge in [0.2, 0.25) is 5.91 Å². The van der Waals surface area contributed by atoms with Crippen LogP contribution in [0, 0.1) is 11.6 Å².